The van der Waals surface area contributed by atoms with Gasteiger partial charge in [0.2, 0.25) is 5.91 Å². The largest absolute Gasteiger partial charge is 0.355 e. The number of carbonyl (C=O) groups is 2. The van der Waals surface area contributed by atoms with Gasteiger partial charge >= 0.3 is 0 Å². The van der Waals surface area contributed by atoms with E-state index in [1.54, 1.807) is 6.20 Å². The summed E-state index contributed by atoms with van der Waals surface area (Å²) >= 11 is 0. The standard InChI is InChI=1S/C21H30N4O2/c1-16-7-11-25(12-8-16)21(27)18-5-6-19(22-15-18)23-9-2-10-24(14-13-23)20(26)17-3-4-17/h5-6,15-17H,2-4,7-14H2,1H3. The molecule has 1 saturated carbocycles. The fourth-order valence-electron chi connectivity index (χ4n) is 4.05. The Morgan fingerprint density at radius 2 is 1.70 bits per heavy atom. The lowest BCUT2D eigenvalue weighted by atomic mass is 9.99. The van der Waals surface area contributed by atoms with Crippen LogP contribution in [0, 0.1) is 11.8 Å². The van der Waals surface area contributed by atoms with E-state index in [9.17, 15) is 9.59 Å². The first-order valence-electron chi connectivity index (χ1n) is 10.4. The van der Waals surface area contributed by atoms with Crippen molar-refractivity contribution < 1.29 is 9.59 Å². The van der Waals surface area contributed by atoms with Crippen molar-refractivity contribution in [3.05, 3.63) is 23.9 Å². The molecule has 2 aliphatic heterocycles. The number of piperidine rings is 1. The number of rotatable bonds is 3. The van der Waals surface area contributed by atoms with E-state index in [2.05, 4.69) is 16.8 Å². The SMILES string of the molecule is CC1CCN(C(=O)c2ccc(N3CCCN(C(=O)C4CC4)CC3)nc2)CC1. The Kier molecular flexibility index (Phi) is 5.32. The number of likely N-dealkylation sites (tertiary alicyclic amines) is 1. The number of nitrogens with zero attached hydrogens (tertiary/aromatic N) is 4. The van der Waals surface area contributed by atoms with Gasteiger partial charge in [-0.15, -0.1) is 0 Å². The van der Waals surface area contributed by atoms with Crippen molar-refractivity contribution in [2.45, 2.75) is 39.0 Å². The van der Waals surface area contributed by atoms with E-state index in [4.69, 9.17) is 0 Å². The zero-order valence-corrected chi connectivity index (χ0v) is 16.3. The minimum atomic E-state index is 0.0954. The smallest absolute Gasteiger partial charge is 0.255 e. The Hall–Kier alpha value is -2.11. The third kappa shape index (κ3) is 4.25. The molecular weight excluding hydrogens is 340 g/mol. The summed E-state index contributed by atoms with van der Waals surface area (Å²) in [5.74, 6) is 2.33. The van der Waals surface area contributed by atoms with Crippen LogP contribution in [0.1, 0.15) is 49.4 Å². The highest BCUT2D eigenvalue weighted by Crippen LogP contribution is 2.31. The van der Waals surface area contributed by atoms with Crippen LogP contribution in [0.15, 0.2) is 18.3 Å². The molecule has 6 nitrogen and oxygen atoms in total. The number of aromatic nitrogens is 1. The van der Waals surface area contributed by atoms with Gasteiger partial charge in [-0.25, -0.2) is 4.98 Å². The molecule has 1 aromatic rings. The van der Waals surface area contributed by atoms with Gasteiger partial charge in [-0.2, -0.15) is 0 Å². The van der Waals surface area contributed by atoms with Crippen LogP contribution in [0.3, 0.4) is 0 Å². The van der Waals surface area contributed by atoms with Crippen molar-refractivity contribution in [3.8, 4) is 0 Å². The molecule has 1 aromatic heterocycles. The zero-order valence-electron chi connectivity index (χ0n) is 16.3. The van der Waals surface area contributed by atoms with Crippen molar-refractivity contribution >= 4 is 17.6 Å². The molecule has 0 unspecified atom stereocenters. The fraction of sp³-hybridized carbons (Fsp3) is 0.667. The summed E-state index contributed by atoms with van der Waals surface area (Å²) in [7, 11) is 0. The molecule has 0 bridgehead atoms. The van der Waals surface area contributed by atoms with Crippen LogP contribution in [-0.2, 0) is 4.79 Å². The van der Waals surface area contributed by atoms with Gasteiger partial charge in [-0.1, -0.05) is 6.92 Å². The first kappa shape index (κ1) is 18.3. The average molecular weight is 370 g/mol. The predicted molar refractivity (Wildman–Crippen MR) is 105 cm³/mol. The van der Waals surface area contributed by atoms with E-state index in [1.165, 1.54) is 0 Å². The first-order chi connectivity index (χ1) is 13.1. The summed E-state index contributed by atoms with van der Waals surface area (Å²) in [5.41, 5.74) is 0.675. The van der Waals surface area contributed by atoms with Crippen molar-refractivity contribution in [2.75, 3.05) is 44.2 Å². The second-order valence-electron chi connectivity index (χ2n) is 8.32. The molecule has 27 heavy (non-hydrogen) atoms. The van der Waals surface area contributed by atoms with Crippen LogP contribution in [-0.4, -0.2) is 65.9 Å². The Bertz CT molecular complexity index is 678. The Morgan fingerprint density at radius 3 is 2.37 bits per heavy atom. The Balaban J connectivity index is 1.35. The molecule has 0 N–H and O–H groups in total. The van der Waals surface area contributed by atoms with Gasteiger partial charge in [0.05, 0.1) is 5.56 Å². The number of anilines is 1. The van der Waals surface area contributed by atoms with Gasteiger partial charge in [0.25, 0.3) is 5.91 Å². The van der Waals surface area contributed by atoms with Crippen molar-refractivity contribution in [2.24, 2.45) is 11.8 Å². The maximum absolute atomic E-state index is 12.7. The second-order valence-corrected chi connectivity index (χ2v) is 8.32. The molecule has 1 aliphatic carbocycles. The number of carbonyl (C=O) groups excluding carboxylic acids is 2. The van der Waals surface area contributed by atoms with Crippen LogP contribution >= 0.6 is 0 Å². The number of pyridine rings is 1. The van der Waals surface area contributed by atoms with Crippen LogP contribution in [0.4, 0.5) is 5.82 Å². The molecule has 3 fully saturated rings. The lowest BCUT2D eigenvalue weighted by molar-refractivity contribution is -0.132. The molecule has 6 heteroatoms. The van der Waals surface area contributed by atoms with Crippen LogP contribution in [0.2, 0.25) is 0 Å². The highest BCUT2D eigenvalue weighted by Gasteiger charge is 2.34. The van der Waals surface area contributed by atoms with Crippen molar-refractivity contribution in [3.63, 3.8) is 0 Å². The number of hydrogen-bond donors (Lipinski definition) is 0. The quantitative estimate of drug-likeness (QED) is 0.820. The van der Waals surface area contributed by atoms with Gasteiger partial charge in [0, 0.05) is 51.4 Å². The highest BCUT2D eigenvalue weighted by molar-refractivity contribution is 5.94. The summed E-state index contributed by atoms with van der Waals surface area (Å²) < 4.78 is 0. The molecule has 3 aliphatic rings. The van der Waals surface area contributed by atoms with Crippen LogP contribution in [0.5, 0.6) is 0 Å². The van der Waals surface area contributed by atoms with Crippen LogP contribution < -0.4 is 4.90 Å². The maximum atomic E-state index is 12.7. The van der Waals surface area contributed by atoms with E-state index in [-0.39, 0.29) is 11.8 Å². The minimum absolute atomic E-state index is 0.0954. The summed E-state index contributed by atoms with van der Waals surface area (Å²) in [6.07, 6.45) is 6.97. The number of hydrogen-bond acceptors (Lipinski definition) is 4. The molecule has 0 spiro atoms. The summed E-state index contributed by atoms with van der Waals surface area (Å²) in [6.45, 7) is 7.26. The first-order valence-corrected chi connectivity index (χ1v) is 10.4. The van der Waals surface area contributed by atoms with E-state index in [0.29, 0.717) is 17.4 Å². The average Bonchev–Trinajstić information content (AvgIpc) is 3.54. The van der Waals surface area contributed by atoms with Gasteiger partial charge in [0.1, 0.15) is 5.82 Å². The Morgan fingerprint density at radius 1 is 0.926 bits per heavy atom. The lowest BCUT2D eigenvalue weighted by Gasteiger charge is -2.30. The van der Waals surface area contributed by atoms with Crippen molar-refractivity contribution in [1.29, 1.82) is 0 Å². The van der Waals surface area contributed by atoms with E-state index in [0.717, 1.165) is 77.2 Å². The zero-order chi connectivity index (χ0) is 18.8. The lowest BCUT2D eigenvalue weighted by Crippen LogP contribution is -2.38. The molecule has 3 heterocycles. The number of amides is 2. The normalized spacial score (nSPS) is 21.9. The minimum Gasteiger partial charge on any atom is -0.355 e. The Labute approximate surface area is 161 Å². The van der Waals surface area contributed by atoms with Crippen LogP contribution in [0.25, 0.3) is 0 Å². The molecule has 2 amide bonds. The summed E-state index contributed by atoms with van der Waals surface area (Å²) in [6, 6.07) is 3.86. The van der Waals surface area contributed by atoms with E-state index < -0.39 is 0 Å². The van der Waals surface area contributed by atoms with Gasteiger partial charge in [-0.3, -0.25) is 9.59 Å². The fourth-order valence-corrected chi connectivity index (χ4v) is 4.05. The molecule has 2 saturated heterocycles. The van der Waals surface area contributed by atoms with Gasteiger partial charge < -0.3 is 14.7 Å². The second kappa shape index (κ2) is 7.87. The van der Waals surface area contributed by atoms with E-state index >= 15 is 0 Å². The molecule has 4 rings (SSSR count). The topological polar surface area (TPSA) is 56.8 Å². The van der Waals surface area contributed by atoms with Crippen molar-refractivity contribution in [1.82, 2.24) is 14.8 Å². The van der Waals surface area contributed by atoms with Gasteiger partial charge in [0.15, 0.2) is 0 Å². The van der Waals surface area contributed by atoms with E-state index in [1.807, 2.05) is 21.9 Å². The molecule has 0 atom stereocenters. The molecule has 0 aromatic carbocycles. The third-order valence-corrected chi connectivity index (χ3v) is 6.12. The predicted octanol–water partition coefficient (Wildman–Crippen LogP) is 2.40. The summed E-state index contributed by atoms with van der Waals surface area (Å²) in [4.78, 5) is 35.7. The maximum Gasteiger partial charge on any atom is 0.255 e. The third-order valence-electron chi connectivity index (χ3n) is 6.12. The van der Waals surface area contributed by atoms with Gasteiger partial charge in [-0.05, 0) is 50.2 Å². The molecule has 0 radical (unpaired) electrons. The monoisotopic (exact) mass is 370 g/mol. The molecular formula is C21H30N4O2. The summed E-state index contributed by atoms with van der Waals surface area (Å²) in [5, 5.41) is 0. The highest BCUT2D eigenvalue weighted by atomic mass is 16.2. The molecule has 146 valence electrons.